The van der Waals surface area contributed by atoms with E-state index in [2.05, 4.69) is 24.3 Å². The van der Waals surface area contributed by atoms with Gasteiger partial charge in [0.05, 0.1) is 66.1 Å². The number of fused-ring (bicyclic) bond motifs is 1. The second kappa shape index (κ2) is 12.6. The largest absolute Gasteiger partial charge is 0.377 e. The van der Waals surface area contributed by atoms with Crippen LogP contribution >= 0.6 is 0 Å². The summed E-state index contributed by atoms with van der Waals surface area (Å²) in [5.74, 6) is 0. The standard InChI is InChI=1S/C17H28O6/c1-2-4-16-17(5-3-1)23-15-13-21-11-9-19-7-6-18-8-10-20-12-14-22-16/h2-5,16-17H,1,6-15H2. The molecule has 0 saturated carbocycles. The maximum absolute atomic E-state index is 5.88. The summed E-state index contributed by atoms with van der Waals surface area (Å²) in [6.07, 6.45) is 9.04. The highest BCUT2D eigenvalue weighted by molar-refractivity contribution is 5.09. The zero-order valence-corrected chi connectivity index (χ0v) is 13.7. The topological polar surface area (TPSA) is 55.4 Å². The van der Waals surface area contributed by atoms with E-state index in [4.69, 9.17) is 28.4 Å². The van der Waals surface area contributed by atoms with E-state index in [1.807, 2.05) is 0 Å². The molecule has 0 N–H and O–H groups in total. The number of rotatable bonds is 0. The quantitative estimate of drug-likeness (QED) is 0.626. The molecule has 23 heavy (non-hydrogen) atoms. The van der Waals surface area contributed by atoms with Gasteiger partial charge < -0.3 is 28.4 Å². The Labute approximate surface area is 138 Å². The van der Waals surface area contributed by atoms with Crippen molar-refractivity contribution in [2.24, 2.45) is 0 Å². The Kier molecular flexibility index (Phi) is 10.2. The van der Waals surface area contributed by atoms with E-state index >= 15 is 0 Å². The van der Waals surface area contributed by atoms with Gasteiger partial charge in [-0.25, -0.2) is 0 Å². The smallest absolute Gasteiger partial charge is 0.105 e. The molecule has 0 amide bonds. The highest BCUT2D eigenvalue weighted by atomic mass is 16.6. The van der Waals surface area contributed by atoms with Crippen LogP contribution in [0.15, 0.2) is 24.3 Å². The van der Waals surface area contributed by atoms with E-state index in [0.717, 1.165) is 6.42 Å². The van der Waals surface area contributed by atoms with Crippen molar-refractivity contribution in [3.63, 3.8) is 0 Å². The van der Waals surface area contributed by atoms with Gasteiger partial charge in [-0.1, -0.05) is 24.3 Å². The molecule has 1 aliphatic carbocycles. The molecule has 0 bridgehead atoms. The summed E-state index contributed by atoms with van der Waals surface area (Å²) in [7, 11) is 0. The Morgan fingerprint density at radius 2 is 0.826 bits per heavy atom. The van der Waals surface area contributed by atoms with Gasteiger partial charge in [0.2, 0.25) is 0 Å². The summed E-state index contributed by atoms with van der Waals surface area (Å²) in [6, 6.07) is 0. The zero-order chi connectivity index (χ0) is 16.0. The van der Waals surface area contributed by atoms with E-state index in [-0.39, 0.29) is 12.2 Å². The van der Waals surface area contributed by atoms with Crippen molar-refractivity contribution < 1.29 is 28.4 Å². The SMILES string of the molecule is C1=CC2OCCOCCOCCOCCOCCOC2C=CC1. The molecule has 132 valence electrons. The molecular weight excluding hydrogens is 300 g/mol. The molecule has 2 rings (SSSR count). The molecule has 1 fully saturated rings. The first-order valence-corrected chi connectivity index (χ1v) is 8.34. The third-order valence-corrected chi connectivity index (χ3v) is 3.44. The average Bonchev–Trinajstić information content (AvgIpc) is 2.79. The number of hydrogen-bond donors (Lipinski definition) is 0. The molecule has 1 saturated heterocycles. The third-order valence-electron chi connectivity index (χ3n) is 3.44. The number of ether oxygens (including phenoxy) is 6. The first kappa shape index (κ1) is 18.6. The van der Waals surface area contributed by atoms with Crippen LogP contribution in [0.5, 0.6) is 0 Å². The Morgan fingerprint density at radius 1 is 0.478 bits per heavy atom. The fourth-order valence-corrected chi connectivity index (χ4v) is 2.27. The van der Waals surface area contributed by atoms with Crippen LogP contribution in [0.4, 0.5) is 0 Å². The van der Waals surface area contributed by atoms with E-state index in [1.54, 1.807) is 0 Å². The normalized spacial score (nSPS) is 29.9. The van der Waals surface area contributed by atoms with Gasteiger partial charge in [-0.05, 0) is 6.42 Å². The van der Waals surface area contributed by atoms with Gasteiger partial charge >= 0.3 is 0 Å². The summed E-state index contributed by atoms with van der Waals surface area (Å²) in [5.41, 5.74) is 0. The molecule has 1 heterocycles. The minimum absolute atomic E-state index is 0.0872. The predicted molar refractivity (Wildman–Crippen MR) is 85.7 cm³/mol. The van der Waals surface area contributed by atoms with Crippen LogP contribution in [-0.2, 0) is 28.4 Å². The molecule has 0 aromatic rings. The van der Waals surface area contributed by atoms with Gasteiger partial charge in [-0.2, -0.15) is 0 Å². The first-order chi connectivity index (χ1) is 11.5. The Bertz CT molecular complexity index is 312. The number of allylic oxidation sites excluding steroid dienone is 2. The predicted octanol–water partition coefficient (Wildman–Crippen LogP) is 1.35. The van der Waals surface area contributed by atoms with Gasteiger partial charge in [0.25, 0.3) is 0 Å². The van der Waals surface area contributed by atoms with E-state index in [9.17, 15) is 0 Å². The van der Waals surface area contributed by atoms with Crippen molar-refractivity contribution in [3.8, 4) is 0 Å². The maximum atomic E-state index is 5.88. The molecule has 0 aromatic carbocycles. The van der Waals surface area contributed by atoms with Crippen LogP contribution in [0, 0.1) is 0 Å². The third kappa shape index (κ3) is 8.60. The van der Waals surface area contributed by atoms with Crippen LogP contribution < -0.4 is 0 Å². The van der Waals surface area contributed by atoms with Crippen LogP contribution in [0.2, 0.25) is 0 Å². The maximum Gasteiger partial charge on any atom is 0.105 e. The molecule has 0 spiro atoms. The highest BCUT2D eigenvalue weighted by Crippen LogP contribution is 2.13. The lowest BCUT2D eigenvalue weighted by Gasteiger charge is -2.22. The highest BCUT2D eigenvalue weighted by Gasteiger charge is 2.19. The van der Waals surface area contributed by atoms with Crippen LogP contribution in [0.25, 0.3) is 0 Å². The van der Waals surface area contributed by atoms with Crippen molar-refractivity contribution in [2.75, 3.05) is 66.1 Å². The molecule has 6 heteroatoms. The van der Waals surface area contributed by atoms with Gasteiger partial charge in [0, 0.05) is 0 Å². The van der Waals surface area contributed by atoms with Gasteiger partial charge in [0.15, 0.2) is 0 Å². The van der Waals surface area contributed by atoms with Gasteiger partial charge in [-0.3, -0.25) is 0 Å². The fourth-order valence-electron chi connectivity index (χ4n) is 2.27. The molecular formula is C17H28O6. The number of hydrogen-bond acceptors (Lipinski definition) is 6. The fraction of sp³-hybridized carbons (Fsp3) is 0.765. The van der Waals surface area contributed by atoms with Crippen LogP contribution in [0.1, 0.15) is 6.42 Å². The van der Waals surface area contributed by atoms with Crippen molar-refractivity contribution in [3.05, 3.63) is 24.3 Å². The molecule has 2 atom stereocenters. The van der Waals surface area contributed by atoms with Crippen molar-refractivity contribution in [1.29, 1.82) is 0 Å². The molecule has 2 aliphatic rings. The van der Waals surface area contributed by atoms with Crippen LogP contribution in [0.3, 0.4) is 0 Å². The Balaban J connectivity index is 1.76. The minimum atomic E-state index is -0.0872. The van der Waals surface area contributed by atoms with E-state index in [1.165, 1.54) is 0 Å². The van der Waals surface area contributed by atoms with Crippen molar-refractivity contribution >= 4 is 0 Å². The lowest BCUT2D eigenvalue weighted by molar-refractivity contribution is -0.0680. The molecule has 6 nitrogen and oxygen atoms in total. The zero-order valence-electron chi connectivity index (χ0n) is 13.7. The Morgan fingerprint density at radius 3 is 1.22 bits per heavy atom. The molecule has 0 aromatic heterocycles. The van der Waals surface area contributed by atoms with Gasteiger partial charge in [-0.15, -0.1) is 0 Å². The summed E-state index contributed by atoms with van der Waals surface area (Å²) in [4.78, 5) is 0. The van der Waals surface area contributed by atoms with E-state index in [0.29, 0.717) is 66.1 Å². The molecule has 2 unspecified atom stereocenters. The van der Waals surface area contributed by atoms with Crippen molar-refractivity contribution in [2.45, 2.75) is 18.6 Å². The Hall–Kier alpha value is -0.760. The summed E-state index contributed by atoms with van der Waals surface area (Å²) >= 11 is 0. The summed E-state index contributed by atoms with van der Waals surface area (Å²) < 4.78 is 33.6. The van der Waals surface area contributed by atoms with Crippen molar-refractivity contribution in [1.82, 2.24) is 0 Å². The summed E-state index contributed by atoms with van der Waals surface area (Å²) in [6.45, 7) is 5.56. The minimum Gasteiger partial charge on any atom is -0.377 e. The second-order valence-corrected chi connectivity index (χ2v) is 5.21. The molecule has 1 aliphatic heterocycles. The molecule has 0 radical (unpaired) electrons. The second-order valence-electron chi connectivity index (χ2n) is 5.21. The van der Waals surface area contributed by atoms with Gasteiger partial charge in [0.1, 0.15) is 12.2 Å². The van der Waals surface area contributed by atoms with Crippen LogP contribution in [-0.4, -0.2) is 78.3 Å². The monoisotopic (exact) mass is 328 g/mol. The summed E-state index contributed by atoms with van der Waals surface area (Å²) in [5, 5.41) is 0. The average molecular weight is 328 g/mol. The lowest BCUT2D eigenvalue weighted by atomic mass is 10.2. The van der Waals surface area contributed by atoms with E-state index < -0.39 is 0 Å². The lowest BCUT2D eigenvalue weighted by Crippen LogP contribution is -2.30. The first-order valence-electron chi connectivity index (χ1n) is 8.34.